The largest absolute Gasteiger partial charge is 0.343 e. The van der Waals surface area contributed by atoms with Crippen molar-refractivity contribution in [2.75, 3.05) is 13.3 Å². The molecule has 66 valence electrons. The van der Waals surface area contributed by atoms with Crippen LogP contribution in [0.4, 0.5) is 0 Å². The Bertz CT molecular complexity index is 214. The van der Waals surface area contributed by atoms with Crippen molar-refractivity contribution >= 4 is 5.96 Å². The van der Waals surface area contributed by atoms with E-state index in [0.29, 0.717) is 18.7 Å². The van der Waals surface area contributed by atoms with Gasteiger partial charge in [0.2, 0.25) is 5.96 Å². The molecular weight excluding hydrogens is 154 g/mol. The van der Waals surface area contributed by atoms with Crippen molar-refractivity contribution in [1.29, 1.82) is 5.26 Å². The fraction of sp³-hybridized carbons (Fsp3) is 0.714. The Morgan fingerprint density at radius 1 is 1.75 bits per heavy atom. The van der Waals surface area contributed by atoms with E-state index < -0.39 is 0 Å². The van der Waals surface area contributed by atoms with E-state index in [0.717, 1.165) is 6.67 Å². The number of nitrogens with zero attached hydrogens (tertiary/aromatic N) is 3. The molecule has 5 nitrogen and oxygen atoms in total. The molecule has 0 aromatic heterocycles. The van der Waals surface area contributed by atoms with Gasteiger partial charge < -0.3 is 5.32 Å². The van der Waals surface area contributed by atoms with Crippen LogP contribution >= 0.6 is 0 Å². The van der Waals surface area contributed by atoms with Gasteiger partial charge >= 0.3 is 0 Å². The number of guanidine groups is 1. The van der Waals surface area contributed by atoms with Crippen molar-refractivity contribution in [3.63, 3.8) is 0 Å². The maximum absolute atomic E-state index is 8.30. The third-order valence-electron chi connectivity index (χ3n) is 1.76. The predicted octanol–water partition coefficient (Wildman–Crippen LogP) is -0.358. The van der Waals surface area contributed by atoms with Gasteiger partial charge in [-0.2, -0.15) is 5.26 Å². The molecule has 1 rings (SSSR count). The minimum absolute atomic E-state index is 0.477. The summed E-state index contributed by atoms with van der Waals surface area (Å²) < 4.78 is 0. The average molecular weight is 167 g/mol. The fourth-order valence-corrected chi connectivity index (χ4v) is 0.926. The second-order valence-electron chi connectivity index (χ2n) is 2.90. The van der Waals surface area contributed by atoms with Crippen LogP contribution in [0.3, 0.4) is 0 Å². The molecule has 0 atom stereocenters. The Kier molecular flexibility index (Phi) is 2.88. The van der Waals surface area contributed by atoms with Gasteiger partial charge in [-0.3, -0.25) is 10.2 Å². The number of aliphatic imine (C=N–C) groups is 1. The first-order chi connectivity index (χ1) is 5.74. The van der Waals surface area contributed by atoms with Gasteiger partial charge in [0.05, 0.1) is 13.3 Å². The van der Waals surface area contributed by atoms with E-state index in [2.05, 4.69) is 34.4 Å². The van der Waals surface area contributed by atoms with Gasteiger partial charge in [-0.25, -0.2) is 4.99 Å². The van der Waals surface area contributed by atoms with Crippen LogP contribution in [0.15, 0.2) is 4.99 Å². The average Bonchev–Trinajstić information content (AvgIpc) is 2.06. The molecule has 0 spiro atoms. The summed E-state index contributed by atoms with van der Waals surface area (Å²) in [6, 6.07) is 0.477. The van der Waals surface area contributed by atoms with Crippen LogP contribution in [0.5, 0.6) is 0 Å². The second-order valence-corrected chi connectivity index (χ2v) is 2.90. The van der Waals surface area contributed by atoms with Crippen LogP contribution in [-0.4, -0.2) is 30.2 Å². The van der Waals surface area contributed by atoms with Gasteiger partial charge in [0.15, 0.2) is 6.19 Å². The van der Waals surface area contributed by atoms with E-state index in [1.807, 2.05) is 6.19 Å². The maximum atomic E-state index is 8.30. The molecule has 0 aliphatic carbocycles. The minimum atomic E-state index is 0.477. The fourth-order valence-electron chi connectivity index (χ4n) is 0.926. The third-order valence-corrected chi connectivity index (χ3v) is 1.76. The van der Waals surface area contributed by atoms with E-state index in [-0.39, 0.29) is 0 Å². The molecule has 0 saturated heterocycles. The van der Waals surface area contributed by atoms with Gasteiger partial charge in [-0.05, 0) is 13.8 Å². The first-order valence-electron chi connectivity index (χ1n) is 3.91. The quantitative estimate of drug-likeness (QED) is 0.413. The Hall–Kier alpha value is -1.28. The molecule has 0 fully saturated rings. The molecule has 1 aliphatic heterocycles. The Balaban J connectivity index is 2.43. The molecule has 0 unspecified atom stereocenters. The molecule has 0 aromatic rings. The molecule has 2 N–H and O–H groups in total. The molecule has 5 heteroatoms. The lowest BCUT2D eigenvalue weighted by Gasteiger charge is -2.28. The molecule has 12 heavy (non-hydrogen) atoms. The zero-order valence-electron chi connectivity index (χ0n) is 7.33. The third kappa shape index (κ3) is 2.10. The van der Waals surface area contributed by atoms with Crippen LogP contribution in [0.1, 0.15) is 13.8 Å². The molecule has 0 saturated carbocycles. The van der Waals surface area contributed by atoms with Crippen molar-refractivity contribution in [3.05, 3.63) is 0 Å². The summed E-state index contributed by atoms with van der Waals surface area (Å²) in [7, 11) is 0. The monoisotopic (exact) mass is 167 g/mol. The standard InChI is InChI=1S/C7H13N5/c1-6(2)12-4-10-7(9-3-8)11-5-12/h6H,4-5H2,1-2H3,(H2,9,10,11). The normalized spacial score (nSPS) is 18.0. The van der Waals surface area contributed by atoms with Gasteiger partial charge in [0, 0.05) is 6.04 Å². The van der Waals surface area contributed by atoms with Gasteiger partial charge in [-0.1, -0.05) is 0 Å². The van der Waals surface area contributed by atoms with Crippen LogP contribution < -0.4 is 10.6 Å². The van der Waals surface area contributed by atoms with Crippen molar-refractivity contribution in [1.82, 2.24) is 15.5 Å². The van der Waals surface area contributed by atoms with Gasteiger partial charge in [-0.15, -0.1) is 0 Å². The molecule has 1 aliphatic rings. The summed E-state index contributed by atoms with van der Waals surface area (Å²) in [4.78, 5) is 6.28. The van der Waals surface area contributed by atoms with E-state index in [1.54, 1.807) is 0 Å². The lowest BCUT2D eigenvalue weighted by atomic mass is 10.3. The summed E-state index contributed by atoms with van der Waals surface area (Å²) in [6.07, 6.45) is 1.82. The van der Waals surface area contributed by atoms with Gasteiger partial charge in [0.25, 0.3) is 0 Å². The van der Waals surface area contributed by atoms with E-state index >= 15 is 0 Å². The Morgan fingerprint density at radius 2 is 2.50 bits per heavy atom. The number of hydrogen-bond donors (Lipinski definition) is 2. The predicted molar refractivity (Wildman–Crippen MR) is 46.0 cm³/mol. The number of hydrogen-bond acceptors (Lipinski definition) is 5. The van der Waals surface area contributed by atoms with Crippen LogP contribution in [0, 0.1) is 11.5 Å². The summed E-state index contributed by atoms with van der Waals surface area (Å²) in [5.41, 5.74) is 0. The second kappa shape index (κ2) is 3.93. The molecule has 0 amide bonds. The van der Waals surface area contributed by atoms with Crippen molar-refractivity contribution in [2.45, 2.75) is 19.9 Å². The first kappa shape index (κ1) is 8.81. The molecule has 1 heterocycles. The summed E-state index contributed by atoms with van der Waals surface area (Å²) >= 11 is 0. The van der Waals surface area contributed by atoms with Crippen molar-refractivity contribution in [2.24, 2.45) is 4.99 Å². The van der Waals surface area contributed by atoms with Crippen molar-refractivity contribution in [3.8, 4) is 6.19 Å². The smallest absolute Gasteiger partial charge is 0.207 e. The number of nitriles is 1. The highest BCUT2D eigenvalue weighted by Crippen LogP contribution is 1.98. The molecular formula is C7H13N5. The Morgan fingerprint density at radius 3 is 2.92 bits per heavy atom. The highest BCUT2D eigenvalue weighted by molar-refractivity contribution is 5.81. The van der Waals surface area contributed by atoms with Crippen LogP contribution in [-0.2, 0) is 0 Å². The van der Waals surface area contributed by atoms with E-state index in [9.17, 15) is 0 Å². The highest BCUT2D eigenvalue weighted by atomic mass is 15.4. The lowest BCUT2D eigenvalue weighted by molar-refractivity contribution is 0.213. The number of nitrogens with one attached hydrogen (secondary N) is 2. The SMILES string of the molecule is CC(C)N1CN=C(NC#N)NC1. The molecule has 0 bridgehead atoms. The lowest BCUT2D eigenvalue weighted by Crippen LogP contribution is -2.49. The highest BCUT2D eigenvalue weighted by Gasteiger charge is 2.13. The molecule has 0 radical (unpaired) electrons. The zero-order chi connectivity index (χ0) is 8.97. The van der Waals surface area contributed by atoms with E-state index in [4.69, 9.17) is 5.26 Å². The summed E-state index contributed by atoms with van der Waals surface area (Å²) in [6.45, 7) is 5.61. The molecule has 0 aromatic carbocycles. The van der Waals surface area contributed by atoms with Gasteiger partial charge in [0.1, 0.15) is 0 Å². The zero-order valence-corrected chi connectivity index (χ0v) is 7.33. The number of rotatable bonds is 1. The Labute approximate surface area is 72.1 Å². The first-order valence-corrected chi connectivity index (χ1v) is 3.91. The summed E-state index contributed by atoms with van der Waals surface area (Å²) in [5, 5.41) is 13.8. The van der Waals surface area contributed by atoms with Crippen LogP contribution in [0.25, 0.3) is 0 Å². The van der Waals surface area contributed by atoms with E-state index in [1.165, 1.54) is 0 Å². The summed E-state index contributed by atoms with van der Waals surface area (Å²) in [5.74, 6) is 0.564. The van der Waals surface area contributed by atoms with Crippen molar-refractivity contribution < 1.29 is 0 Å². The van der Waals surface area contributed by atoms with Crippen LogP contribution in [0.2, 0.25) is 0 Å². The topological polar surface area (TPSA) is 63.5 Å². The maximum Gasteiger partial charge on any atom is 0.207 e. The minimum Gasteiger partial charge on any atom is -0.343 e.